The Kier molecular flexibility index (Phi) is 8.22. The Labute approximate surface area is 204 Å². The number of amides is 1. The number of ether oxygens (including phenoxy) is 1. The van der Waals surface area contributed by atoms with Crippen molar-refractivity contribution in [1.29, 1.82) is 0 Å². The third-order valence-electron chi connectivity index (χ3n) is 5.07. The minimum Gasteiger partial charge on any atom is -0.442 e. The number of nitrogens with one attached hydrogen (secondary N) is 2. The van der Waals surface area contributed by atoms with Gasteiger partial charge in [-0.15, -0.1) is 0 Å². The van der Waals surface area contributed by atoms with Crippen LogP contribution in [-0.2, 0) is 17.1 Å². The summed E-state index contributed by atoms with van der Waals surface area (Å²) >= 11 is 0. The Hall–Kier alpha value is -3.92. The lowest BCUT2D eigenvalue weighted by atomic mass is 10.2. The van der Waals surface area contributed by atoms with Gasteiger partial charge in [0, 0.05) is 44.6 Å². The Morgan fingerprint density at radius 3 is 2.30 bits per heavy atom. The molecule has 1 amide bonds. The lowest BCUT2D eigenvalue weighted by Gasteiger charge is -2.34. The Morgan fingerprint density at radius 2 is 1.73 bits per heavy atom. The first kappa shape index (κ1) is 27.7. The number of anilines is 2. The third-order valence-corrected chi connectivity index (χ3v) is 5.07. The van der Waals surface area contributed by atoms with E-state index in [0.29, 0.717) is 12.4 Å². The monoisotopic (exact) mass is 539 g/mol. The molecule has 1 aliphatic rings. The van der Waals surface area contributed by atoms with Crippen molar-refractivity contribution >= 4 is 17.7 Å². The fourth-order valence-electron chi connectivity index (χ4n) is 3.34. The van der Waals surface area contributed by atoms with Gasteiger partial charge in [0.1, 0.15) is 18.0 Å². The molecule has 2 N–H and O–H groups in total. The van der Waals surface area contributed by atoms with Gasteiger partial charge in [0.2, 0.25) is 5.95 Å². The van der Waals surface area contributed by atoms with Crippen LogP contribution in [0.25, 0.3) is 0 Å². The number of rotatable bonds is 6. The van der Waals surface area contributed by atoms with Crippen LogP contribution in [0, 0.1) is 0 Å². The predicted octanol–water partition coefficient (Wildman–Crippen LogP) is 3.21. The fraction of sp³-hybridized carbons (Fsp3) is 0.450. The number of aromatic amines is 1. The summed E-state index contributed by atoms with van der Waals surface area (Å²) in [4.78, 5) is 33.9. The summed E-state index contributed by atoms with van der Waals surface area (Å²) in [5.41, 5.74) is -4.63. The number of alkyl halides is 6. The van der Waals surface area contributed by atoms with Gasteiger partial charge in [-0.1, -0.05) is 0 Å². The van der Waals surface area contributed by atoms with E-state index >= 15 is 0 Å². The van der Waals surface area contributed by atoms with E-state index < -0.39 is 59.3 Å². The molecular formula is C20H20F7N7O3. The molecule has 0 spiro atoms. The smallest absolute Gasteiger partial charge is 0.423 e. The summed E-state index contributed by atoms with van der Waals surface area (Å²) in [6, 6.07) is -1.03. The van der Waals surface area contributed by atoms with Crippen LogP contribution in [-0.4, -0.2) is 70.0 Å². The van der Waals surface area contributed by atoms with Crippen LogP contribution in [0.2, 0.25) is 0 Å². The third kappa shape index (κ3) is 7.29. The molecular weight excluding hydrogens is 519 g/mol. The van der Waals surface area contributed by atoms with E-state index in [1.165, 1.54) is 11.8 Å². The van der Waals surface area contributed by atoms with Crippen molar-refractivity contribution in [3.63, 3.8) is 0 Å². The molecule has 17 heteroatoms. The Balaban J connectivity index is 1.49. The molecule has 1 saturated heterocycles. The minimum atomic E-state index is -4.97. The fourth-order valence-corrected chi connectivity index (χ4v) is 3.34. The maximum atomic E-state index is 14.2. The van der Waals surface area contributed by atoms with E-state index in [4.69, 9.17) is 4.74 Å². The summed E-state index contributed by atoms with van der Waals surface area (Å²) in [5, 5.41) is 7.29. The molecule has 37 heavy (non-hydrogen) atoms. The van der Waals surface area contributed by atoms with E-state index in [0.717, 1.165) is 12.3 Å². The zero-order valence-corrected chi connectivity index (χ0v) is 19.0. The topological polar surface area (TPSA) is 116 Å². The normalized spacial score (nSPS) is 15.9. The molecule has 1 atom stereocenters. The van der Waals surface area contributed by atoms with Crippen molar-refractivity contribution in [2.45, 2.75) is 25.3 Å². The van der Waals surface area contributed by atoms with Gasteiger partial charge in [-0.2, -0.15) is 31.4 Å². The summed E-state index contributed by atoms with van der Waals surface area (Å²) in [6.45, 7) is 1.08. The van der Waals surface area contributed by atoms with E-state index in [1.807, 2.05) is 0 Å². The zero-order valence-electron chi connectivity index (χ0n) is 19.0. The van der Waals surface area contributed by atoms with Crippen LogP contribution in [0.5, 0.6) is 0 Å². The summed E-state index contributed by atoms with van der Waals surface area (Å²) in [7, 11) is 0. The predicted molar refractivity (Wildman–Crippen MR) is 114 cm³/mol. The lowest BCUT2D eigenvalue weighted by molar-refractivity contribution is -0.139. The molecule has 10 nitrogen and oxygen atoms in total. The van der Waals surface area contributed by atoms with Crippen LogP contribution in [0.4, 0.5) is 47.2 Å². The van der Waals surface area contributed by atoms with E-state index in [-0.39, 0.29) is 32.1 Å². The average molecular weight is 539 g/mol. The molecule has 0 unspecified atom stereocenters. The van der Waals surface area contributed by atoms with Crippen molar-refractivity contribution in [3.05, 3.63) is 52.0 Å². The highest BCUT2D eigenvalue weighted by Gasteiger charge is 2.37. The average Bonchev–Trinajstić information content (AvgIpc) is 2.81. The largest absolute Gasteiger partial charge is 0.442 e. The van der Waals surface area contributed by atoms with Crippen LogP contribution >= 0.6 is 0 Å². The number of hydrogen-bond acceptors (Lipinski definition) is 8. The first-order valence-electron chi connectivity index (χ1n) is 10.6. The SMILES string of the molecule is C[C@H](/C=C(\F)COC(=O)N1CCN(c2ncc(C(F)(F)F)cn2)CC1)Nc1cn[nH]c(=O)c1C(F)(F)F. The summed E-state index contributed by atoms with van der Waals surface area (Å²) in [6.07, 6.45) is -7.48. The van der Waals surface area contributed by atoms with Crippen LogP contribution in [0.3, 0.4) is 0 Å². The summed E-state index contributed by atoms with van der Waals surface area (Å²) < 4.78 is 96.3. The Morgan fingerprint density at radius 1 is 1.11 bits per heavy atom. The molecule has 2 aromatic heterocycles. The molecule has 3 heterocycles. The van der Waals surface area contributed by atoms with Crippen LogP contribution in [0.15, 0.2) is 35.3 Å². The molecule has 1 aliphatic heterocycles. The van der Waals surface area contributed by atoms with Gasteiger partial charge >= 0.3 is 18.4 Å². The van der Waals surface area contributed by atoms with Gasteiger partial charge in [-0.25, -0.2) is 24.3 Å². The van der Waals surface area contributed by atoms with Crippen molar-refractivity contribution in [3.8, 4) is 0 Å². The molecule has 1 fully saturated rings. The van der Waals surface area contributed by atoms with Gasteiger partial charge in [-0.3, -0.25) is 4.79 Å². The molecule has 3 rings (SSSR count). The second-order valence-electron chi connectivity index (χ2n) is 7.83. The maximum Gasteiger partial charge on any atom is 0.423 e. The number of carbonyl (C=O) groups is 1. The first-order chi connectivity index (χ1) is 17.3. The highest BCUT2D eigenvalue weighted by Crippen LogP contribution is 2.32. The number of hydrogen-bond donors (Lipinski definition) is 2. The van der Waals surface area contributed by atoms with Gasteiger partial charge in [0.25, 0.3) is 5.56 Å². The molecule has 0 saturated carbocycles. The van der Waals surface area contributed by atoms with Crippen molar-refractivity contribution in [1.82, 2.24) is 25.1 Å². The second kappa shape index (κ2) is 11.0. The molecule has 2 aromatic rings. The Bertz CT molecular complexity index is 1170. The molecule has 0 aromatic carbocycles. The van der Waals surface area contributed by atoms with Gasteiger partial charge < -0.3 is 19.9 Å². The van der Waals surface area contributed by atoms with Crippen molar-refractivity contribution in [2.75, 3.05) is 43.0 Å². The molecule has 0 aliphatic carbocycles. The van der Waals surface area contributed by atoms with Gasteiger partial charge in [-0.05, 0) is 13.0 Å². The van der Waals surface area contributed by atoms with Crippen molar-refractivity contribution < 1.29 is 40.3 Å². The van der Waals surface area contributed by atoms with E-state index in [9.17, 15) is 40.3 Å². The highest BCUT2D eigenvalue weighted by atomic mass is 19.4. The van der Waals surface area contributed by atoms with E-state index in [2.05, 4.69) is 20.4 Å². The highest BCUT2D eigenvalue weighted by molar-refractivity contribution is 5.68. The van der Waals surface area contributed by atoms with Crippen LogP contribution < -0.4 is 15.8 Å². The number of piperazine rings is 1. The zero-order chi connectivity index (χ0) is 27.4. The quantitative estimate of drug-likeness (QED) is 0.538. The maximum absolute atomic E-state index is 14.2. The molecule has 202 valence electrons. The van der Waals surface area contributed by atoms with Crippen LogP contribution in [0.1, 0.15) is 18.1 Å². The second-order valence-corrected chi connectivity index (χ2v) is 7.83. The number of nitrogens with zero attached hydrogens (tertiary/aromatic N) is 5. The number of carbonyl (C=O) groups excluding carboxylic acids is 1. The van der Waals surface area contributed by atoms with E-state index in [1.54, 1.807) is 10.00 Å². The first-order valence-corrected chi connectivity index (χ1v) is 10.6. The van der Waals surface area contributed by atoms with Gasteiger partial charge in [0.05, 0.1) is 17.4 Å². The number of halogens is 7. The number of H-pyrrole nitrogens is 1. The summed E-state index contributed by atoms with van der Waals surface area (Å²) in [5.74, 6) is -0.905. The molecule has 0 bridgehead atoms. The van der Waals surface area contributed by atoms with Gasteiger partial charge in [0.15, 0.2) is 0 Å². The number of aromatic nitrogens is 4. The lowest BCUT2D eigenvalue weighted by Crippen LogP contribution is -2.49. The minimum absolute atomic E-state index is 0.0563. The standard InChI is InChI=1S/C20H20F7N7O3/c1-11(31-14-9-30-32-16(35)15(14)20(25,26)27)6-13(21)10-37-18(36)34-4-2-33(3-5-34)17-28-7-12(8-29-17)19(22,23)24/h6-9,11H,2-5,10H2,1H3,(H2,31,32,35)/b13-6-/t11-/m1/s1. The molecule has 0 radical (unpaired) electrons. The van der Waals surface area contributed by atoms with Crippen molar-refractivity contribution in [2.24, 2.45) is 0 Å².